The molecule has 0 unspecified atom stereocenters. The molecule has 2 N–H and O–H groups in total. The highest BCUT2D eigenvalue weighted by Crippen LogP contribution is 2.44. The number of fused-ring (bicyclic) bond motifs is 4. The monoisotopic (exact) mass is 343 g/mol. The number of carbonyl (C=O) groups excluding carboxylic acids is 1. The van der Waals surface area contributed by atoms with E-state index < -0.39 is 0 Å². The Morgan fingerprint density at radius 1 is 1.20 bits per heavy atom. The first-order valence-corrected chi connectivity index (χ1v) is 9.57. The van der Waals surface area contributed by atoms with Gasteiger partial charge < -0.3 is 15.4 Å². The van der Waals surface area contributed by atoms with Crippen molar-refractivity contribution in [1.29, 1.82) is 0 Å². The van der Waals surface area contributed by atoms with Crippen LogP contribution in [0.2, 0.25) is 0 Å². The highest BCUT2D eigenvalue weighted by atomic mass is 16.5. The normalized spacial score (nSPS) is 32.2. The lowest BCUT2D eigenvalue weighted by molar-refractivity contribution is -0.137. The van der Waals surface area contributed by atoms with Crippen molar-refractivity contribution in [3.63, 3.8) is 0 Å². The minimum Gasteiger partial charge on any atom is -0.497 e. The molecule has 3 saturated heterocycles. The molecule has 2 bridgehead atoms. The first-order valence-electron chi connectivity index (χ1n) is 9.57. The van der Waals surface area contributed by atoms with Gasteiger partial charge in [-0.05, 0) is 55.2 Å². The van der Waals surface area contributed by atoms with Crippen LogP contribution in [0.25, 0.3) is 0 Å². The third-order valence-corrected chi connectivity index (χ3v) is 6.41. The van der Waals surface area contributed by atoms with Crippen molar-refractivity contribution < 1.29 is 9.53 Å². The maximum absolute atomic E-state index is 12.1. The molecule has 3 heterocycles. The van der Waals surface area contributed by atoms with Crippen LogP contribution in [0.5, 0.6) is 5.75 Å². The fourth-order valence-corrected chi connectivity index (χ4v) is 5.32. The molecule has 1 amide bonds. The van der Waals surface area contributed by atoms with Gasteiger partial charge in [-0.25, -0.2) is 0 Å². The van der Waals surface area contributed by atoms with Gasteiger partial charge in [0.25, 0.3) is 0 Å². The zero-order valence-corrected chi connectivity index (χ0v) is 15.1. The van der Waals surface area contributed by atoms with Crippen LogP contribution in [0.3, 0.4) is 0 Å². The number of hydrogen-bond donors (Lipinski definition) is 1. The first kappa shape index (κ1) is 16.9. The van der Waals surface area contributed by atoms with Gasteiger partial charge in [0.2, 0.25) is 5.91 Å². The van der Waals surface area contributed by atoms with Crippen molar-refractivity contribution in [2.75, 3.05) is 33.3 Å². The summed E-state index contributed by atoms with van der Waals surface area (Å²) in [4.78, 5) is 16.8. The number of benzene rings is 1. The number of methoxy groups -OCH3 is 1. The van der Waals surface area contributed by atoms with E-state index in [1.165, 1.54) is 31.2 Å². The average Bonchev–Trinajstić information content (AvgIpc) is 2.67. The molecule has 4 atom stereocenters. The summed E-state index contributed by atoms with van der Waals surface area (Å²) in [6.45, 7) is 3.02. The lowest BCUT2D eigenvalue weighted by Crippen LogP contribution is -2.60. The number of hydrogen-bond acceptors (Lipinski definition) is 4. The zero-order chi connectivity index (χ0) is 17.4. The number of piperidine rings is 3. The second-order valence-electron chi connectivity index (χ2n) is 7.85. The van der Waals surface area contributed by atoms with E-state index >= 15 is 0 Å². The Labute approximate surface area is 150 Å². The highest BCUT2D eigenvalue weighted by Gasteiger charge is 2.45. The standard InChI is InChI=1S/C20H29N3O2/c1-25-17-7-5-15(6-8-17)18-3-2-4-19-16-9-14(12-23(18)19)11-22(13-16)20(24)10-21/h5-8,14,16,18-19H,2-4,9-13,21H2,1H3/t14-,16+,18+,19-/m0/s1. The Hall–Kier alpha value is -1.59. The van der Waals surface area contributed by atoms with Crippen LogP contribution >= 0.6 is 0 Å². The van der Waals surface area contributed by atoms with Crippen molar-refractivity contribution in [3.05, 3.63) is 29.8 Å². The summed E-state index contributed by atoms with van der Waals surface area (Å²) in [6, 6.07) is 9.70. The van der Waals surface area contributed by atoms with E-state index in [1.54, 1.807) is 7.11 Å². The molecule has 0 aliphatic carbocycles. The topological polar surface area (TPSA) is 58.8 Å². The van der Waals surface area contributed by atoms with Gasteiger partial charge in [-0.15, -0.1) is 0 Å². The molecule has 3 aliphatic rings. The summed E-state index contributed by atoms with van der Waals surface area (Å²) >= 11 is 0. The summed E-state index contributed by atoms with van der Waals surface area (Å²) in [5.41, 5.74) is 7.00. The zero-order valence-electron chi connectivity index (χ0n) is 15.1. The fourth-order valence-electron chi connectivity index (χ4n) is 5.32. The molecule has 1 aromatic carbocycles. The largest absolute Gasteiger partial charge is 0.497 e. The molecule has 25 heavy (non-hydrogen) atoms. The Morgan fingerprint density at radius 3 is 2.72 bits per heavy atom. The summed E-state index contributed by atoms with van der Waals surface area (Å²) in [5, 5.41) is 0. The Balaban J connectivity index is 1.54. The highest BCUT2D eigenvalue weighted by molar-refractivity contribution is 5.78. The van der Waals surface area contributed by atoms with Crippen molar-refractivity contribution >= 4 is 5.91 Å². The van der Waals surface area contributed by atoms with Crippen LogP contribution in [0.4, 0.5) is 0 Å². The first-order chi connectivity index (χ1) is 12.2. The van der Waals surface area contributed by atoms with Gasteiger partial charge in [0.1, 0.15) is 5.75 Å². The minimum atomic E-state index is 0.116. The summed E-state index contributed by atoms with van der Waals surface area (Å²) < 4.78 is 5.31. The van der Waals surface area contributed by atoms with Crippen LogP contribution in [0.15, 0.2) is 24.3 Å². The smallest absolute Gasteiger partial charge is 0.236 e. The van der Waals surface area contributed by atoms with Crippen molar-refractivity contribution in [3.8, 4) is 5.75 Å². The molecule has 136 valence electrons. The average molecular weight is 343 g/mol. The molecule has 0 saturated carbocycles. The van der Waals surface area contributed by atoms with Gasteiger partial charge in [-0.3, -0.25) is 9.69 Å². The SMILES string of the molecule is COc1ccc([C@H]2CCC[C@H]3[C@@H]4C[C@@H](CN(C(=O)CN)C4)CN23)cc1. The number of rotatable bonds is 3. The molecule has 1 aromatic rings. The van der Waals surface area contributed by atoms with E-state index in [1.807, 2.05) is 4.90 Å². The minimum absolute atomic E-state index is 0.116. The number of amides is 1. The lowest BCUT2D eigenvalue weighted by atomic mass is 9.74. The predicted molar refractivity (Wildman–Crippen MR) is 97.3 cm³/mol. The Kier molecular flexibility index (Phi) is 4.69. The fraction of sp³-hybridized carbons (Fsp3) is 0.650. The predicted octanol–water partition coefficient (Wildman–Crippen LogP) is 2.03. The number of nitrogens with zero attached hydrogens (tertiary/aromatic N) is 2. The Bertz CT molecular complexity index is 618. The maximum atomic E-state index is 12.1. The number of nitrogens with two attached hydrogens (primary N) is 1. The van der Waals surface area contributed by atoms with E-state index in [-0.39, 0.29) is 12.5 Å². The summed E-state index contributed by atoms with van der Waals surface area (Å²) in [7, 11) is 1.71. The van der Waals surface area contributed by atoms with Crippen molar-refractivity contribution in [2.24, 2.45) is 17.6 Å². The molecular weight excluding hydrogens is 314 g/mol. The van der Waals surface area contributed by atoms with E-state index in [9.17, 15) is 4.79 Å². The second-order valence-corrected chi connectivity index (χ2v) is 7.85. The molecule has 3 aliphatic heterocycles. The van der Waals surface area contributed by atoms with E-state index in [0.29, 0.717) is 23.9 Å². The molecule has 0 spiro atoms. The van der Waals surface area contributed by atoms with Crippen LogP contribution in [-0.2, 0) is 4.79 Å². The maximum Gasteiger partial charge on any atom is 0.236 e. The molecule has 5 nitrogen and oxygen atoms in total. The van der Waals surface area contributed by atoms with Crippen LogP contribution in [0, 0.1) is 11.8 Å². The third kappa shape index (κ3) is 3.15. The quantitative estimate of drug-likeness (QED) is 0.912. The summed E-state index contributed by atoms with van der Waals surface area (Å²) in [6.07, 6.45) is 5.02. The van der Waals surface area contributed by atoms with Gasteiger partial charge in [0.05, 0.1) is 13.7 Å². The molecule has 4 rings (SSSR count). The molecule has 0 aromatic heterocycles. The lowest BCUT2D eigenvalue weighted by Gasteiger charge is -2.55. The molecular formula is C20H29N3O2. The van der Waals surface area contributed by atoms with Crippen LogP contribution in [-0.4, -0.2) is 55.0 Å². The number of likely N-dealkylation sites (tertiary alicyclic amines) is 1. The van der Waals surface area contributed by atoms with Gasteiger partial charge >= 0.3 is 0 Å². The van der Waals surface area contributed by atoms with Gasteiger partial charge in [0, 0.05) is 31.7 Å². The Morgan fingerprint density at radius 2 is 2.00 bits per heavy atom. The van der Waals surface area contributed by atoms with Crippen LogP contribution in [0.1, 0.15) is 37.3 Å². The van der Waals surface area contributed by atoms with Crippen LogP contribution < -0.4 is 10.5 Å². The van der Waals surface area contributed by atoms with Crippen molar-refractivity contribution in [2.45, 2.75) is 37.8 Å². The third-order valence-electron chi connectivity index (χ3n) is 6.41. The summed E-state index contributed by atoms with van der Waals surface area (Å²) in [5.74, 6) is 2.22. The second kappa shape index (κ2) is 6.96. The van der Waals surface area contributed by atoms with Gasteiger partial charge in [-0.1, -0.05) is 12.1 Å². The van der Waals surface area contributed by atoms with Crippen molar-refractivity contribution in [1.82, 2.24) is 9.80 Å². The van der Waals surface area contributed by atoms with Gasteiger partial charge in [-0.2, -0.15) is 0 Å². The van der Waals surface area contributed by atoms with E-state index in [0.717, 1.165) is 25.4 Å². The van der Waals surface area contributed by atoms with Gasteiger partial charge in [0.15, 0.2) is 0 Å². The number of ether oxygens (including phenoxy) is 1. The molecule has 0 radical (unpaired) electrons. The molecule has 3 fully saturated rings. The molecule has 5 heteroatoms. The van der Waals surface area contributed by atoms with E-state index in [2.05, 4.69) is 29.2 Å². The number of carbonyl (C=O) groups is 1. The van der Waals surface area contributed by atoms with E-state index in [4.69, 9.17) is 10.5 Å².